The molecule has 1 aliphatic rings. The summed E-state index contributed by atoms with van der Waals surface area (Å²) in [6, 6.07) is 4.56. The van der Waals surface area contributed by atoms with Crippen LogP contribution in [0.4, 0.5) is 11.4 Å². The van der Waals surface area contributed by atoms with E-state index >= 15 is 0 Å². The van der Waals surface area contributed by atoms with Gasteiger partial charge < -0.3 is 10.4 Å². The molecule has 132 valence electrons. The zero-order chi connectivity index (χ0) is 17.5. The fourth-order valence-corrected chi connectivity index (χ4v) is 3.52. The van der Waals surface area contributed by atoms with E-state index in [1.165, 1.54) is 24.6 Å². The molecule has 1 fully saturated rings. The first kappa shape index (κ1) is 18.8. The van der Waals surface area contributed by atoms with E-state index in [9.17, 15) is 20.0 Å². The molecule has 7 nitrogen and oxygen atoms in total. The lowest BCUT2D eigenvalue weighted by Gasteiger charge is -2.33. The molecule has 1 amide bonds. The number of carbonyl (C=O) groups is 1. The maximum Gasteiger partial charge on any atom is 0.270 e. The lowest BCUT2D eigenvalue weighted by Crippen LogP contribution is -2.43. The van der Waals surface area contributed by atoms with Crippen LogP contribution < -0.4 is 5.32 Å². The number of non-ortho nitro benzene ring substituents is 1. The Morgan fingerprint density at radius 3 is 2.67 bits per heavy atom. The highest BCUT2D eigenvalue weighted by atomic mass is 79.9. The second-order valence-electron chi connectivity index (χ2n) is 5.96. The van der Waals surface area contributed by atoms with Crippen molar-refractivity contribution in [1.82, 2.24) is 4.90 Å². The number of aliphatic hydroxyl groups is 1. The summed E-state index contributed by atoms with van der Waals surface area (Å²) in [5.74, 6) is -0.191. The van der Waals surface area contributed by atoms with Crippen LogP contribution in [0.2, 0.25) is 0 Å². The summed E-state index contributed by atoms with van der Waals surface area (Å²) in [6.07, 6.45) is 5.64. The average Bonchev–Trinajstić information content (AvgIpc) is 2.57. The van der Waals surface area contributed by atoms with Crippen LogP contribution in [0.25, 0.3) is 0 Å². The number of amides is 1. The second-order valence-corrected chi connectivity index (χ2v) is 6.81. The monoisotopic (exact) mass is 399 g/mol. The summed E-state index contributed by atoms with van der Waals surface area (Å²) in [7, 11) is 0. The van der Waals surface area contributed by atoms with E-state index in [2.05, 4.69) is 21.2 Å². The molecule has 0 radical (unpaired) electrons. The van der Waals surface area contributed by atoms with Gasteiger partial charge in [-0.25, -0.2) is 0 Å². The summed E-state index contributed by atoms with van der Waals surface area (Å²) < 4.78 is 0.469. The summed E-state index contributed by atoms with van der Waals surface area (Å²) >= 11 is 3.24. The number of nitro groups is 1. The second kappa shape index (κ2) is 9.10. The summed E-state index contributed by atoms with van der Waals surface area (Å²) in [5, 5.41) is 22.8. The van der Waals surface area contributed by atoms with Crippen molar-refractivity contribution < 1.29 is 14.8 Å². The summed E-state index contributed by atoms with van der Waals surface area (Å²) in [6.45, 7) is 0.694. The third-order valence-corrected chi connectivity index (χ3v) is 4.92. The Bertz CT molecular complexity index is 591. The van der Waals surface area contributed by atoms with Gasteiger partial charge in [-0.2, -0.15) is 0 Å². The van der Waals surface area contributed by atoms with Gasteiger partial charge in [0.1, 0.15) is 0 Å². The van der Waals surface area contributed by atoms with E-state index in [0.29, 0.717) is 22.7 Å². The highest BCUT2D eigenvalue weighted by Crippen LogP contribution is 2.27. The number of aliphatic hydroxyl groups excluding tert-OH is 1. The summed E-state index contributed by atoms with van der Waals surface area (Å²) in [4.78, 5) is 24.6. The van der Waals surface area contributed by atoms with E-state index in [1.54, 1.807) is 0 Å². The highest BCUT2D eigenvalue weighted by Gasteiger charge is 2.23. The molecule has 0 heterocycles. The maximum atomic E-state index is 12.3. The van der Waals surface area contributed by atoms with Crippen LogP contribution in [0.3, 0.4) is 0 Å². The van der Waals surface area contributed by atoms with E-state index in [4.69, 9.17) is 0 Å². The minimum atomic E-state index is -0.484. The first-order valence-electron chi connectivity index (χ1n) is 8.10. The molecular formula is C16H22BrN3O4. The van der Waals surface area contributed by atoms with Crippen molar-refractivity contribution in [2.24, 2.45) is 0 Å². The molecule has 0 aromatic heterocycles. The van der Waals surface area contributed by atoms with E-state index in [-0.39, 0.29) is 24.7 Å². The van der Waals surface area contributed by atoms with E-state index in [0.717, 1.165) is 25.7 Å². The molecule has 0 unspecified atom stereocenters. The molecule has 24 heavy (non-hydrogen) atoms. The largest absolute Gasteiger partial charge is 0.395 e. The van der Waals surface area contributed by atoms with Gasteiger partial charge in [-0.15, -0.1) is 0 Å². The van der Waals surface area contributed by atoms with Crippen molar-refractivity contribution in [3.8, 4) is 0 Å². The molecule has 2 rings (SSSR count). The normalized spacial score (nSPS) is 15.5. The van der Waals surface area contributed by atoms with Gasteiger partial charge in [-0.3, -0.25) is 19.8 Å². The van der Waals surface area contributed by atoms with Gasteiger partial charge in [0.2, 0.25) is 5.91 Å². The standard InChI is InChI=1S/C16H22BrN3O4/c17-14-10-13(20(23)24)6-7-15(14)18-16(22)11-19(8-9-21)12-4-2-1-3-5-12/h6-7,10,12,21H,1-5,8-9,11H2,(H,18,22). The molecule has 0 saturated heterocycles. The number of benzene rings is 1. The quantitative estimate of drug-likeness (QED) is 0.542. The van der Waals surface area contributed by atoms with Crippen molar-refractivity contribution >= 4 is 33.2 Å². The van der Waals surface area contributed by atoms with Gasteiger partial charge in [0.25, 0.3) is 5.69 Å². The van der Waals surface area contributed by atoms with Crippen LogP contribution >= 0.6 is 15.9 Å². The molecule has 0 spiro atoms. The van der Waals surface area contributed by atoms with Gasteiger partial charge in [-0.05, 0) is 34.8 Å². The molecule has 0 bridgehead atoms. The van der Waals surface area contributed by atoms with Crippen LogP contribution in [-0.2, 0) is 4.79 Å². The molecule has 0 aliphatic heterocycles. The number of rotatable bonds is 7. The van der Waals surface area contributed by atoms with Crippen LogP contribution in [0, 0.1) is 10.1 Å². The van der Waals surface area contributed by atoms with Crippen molar-refractivity contribution in [2.45, 2.75) is 38.1 Å². The van der Waals surface area contributed by atoms with Gasteiger partial charge in [0, 0.05) is 29.2 Å². The van der Waals surface area contributed by atoms with Crippen molar-refractivity contribution in [3.05, 3.63) is 32.8 Å². The molecule has 0 atom stereocenters. The van der Waals surface area contributed by atoms with Crippen LogP contribution in [-0.4, -0.2) is 46.6 Å². The number of halogens is 1. The Balaban J connectivity index is 1.98. The smallest absolute Gasteiger partial charge is 0.270 e. The fraction of sp³-hybridized carbons (Fsp3) is 0.562. The SMILES string of the molecule is O=C(CN(CCO)C1CCCCC1)Nc1ccc([N+](=O)[O-])cc1Br. The van der Waals surface area contributed by atoms with Gasteiger partial charge in [0.15, 0.2) is 0 Å². The van der Waals surface area contributed by atoms with Crippen molar-refractivity contribution in [3.63, 3.8) is 0 Å². The van der Waals surface area contributed by atoms with Gasteiger partial charge in [0.05, 0.1) is 23.8 Å². The number of nitro benzene ring substituents is 1. The van der Waals surface area contributed by atoms with Gasteiger partial charge in [-0.1, -0.05) is 19.3 Å². The highest BCUT2D eigenvalue weighted by molar-refractivity contribution is 9.10. The van der Waals surface area contributed by atoms with Crippen LogP contribution in [0.1, 0.15) is 32.1 Å². The van der Waals surface area contributed by atoms with Gasteiger partial charge >= 0.3 is 0 Å². The van der Waals surface area contributed by atoms with Crippen LogP contribution in [0.15, 0.2) is 22.7 Å². The number of nitrogens with zero attached hydrogens (tertiary/aromatic N) is 2. The predicted octanol–water partition coefficient (Wildman–Crippen LogP) is 2.92. The minimum Gasteiger partial charge on any atom is -0.395 e. The average molecular weight is 400 g/mol. The Morgan fingerprint density at radius 1 is 1.38 bits per heavy atom. The molecule has 1 aromatic carbocycles. The Kier molecular flexibility index (Phi) is 7.14. The van der Waals surface area contributed by atoms with Crippen LogP contribution in [0.5, 0.6) is 0 Å². The van der Waals surface area contributed by atoms with Crippen molar-refractivity contribution in [1.29, 1.82) is 0 Å². The zero-order valence-electron chi connectivity index (χ0n) is 13.4. The number of hydrogen-bond donors (Lipinski definition) is 2. The number of hydrogen-bond acceptors (Lipinski definition) is 5. The van der Waals surface area contributed by atoms with Crippen molar-refractivity contribution in [2.75, 3.05) is 25.0 Å². The first-order valence-corrected chi connectivity index (χ1v) is 8.89. The van der Waals surface area contributed by atoms with E-state index < -0.39 is 4.92 Å². The third-order valence-electron chi connectivity index (χ3n) is 4.26. The zero-order valence-corrected chi connectivity index (χ0v) is 15.0. The lowest BCUT2D eigenvalue weighted by molar-refractivity contribution is -0.384. The summed E-state index contributed by atoms with van der Waals surface area (Å²) in [5.41, 5.74) is 0.460. The van der Waals surface area contributed by atoms with E-state index in [1.807, 2.05) is 4.90 Å². The molecule has 1 saturated carbocycles. The first-order chi connectivity index (χ1) is 11.5. The predicted molar refractivity (Wildman–Crippen MR) is 95.0 cm³/mol. The molecule has 2 N–H and O–H groups in total. The number of anilines is 1. The molecular weight excluding hydrogens is 378 g/mol. The maximum absolute atomic E-state index is 12.3. The Labute approximate surface area is 149 Å². The minimum absolute atomic E-state index is 0.0189. The fourth-order valence-electron chi connectivity index (χ4n) is 3.06. The molecule has 8 heteroatoms. The molecule has 1 aromatic rings. The topological polar surface area (TPSA) is 95.7 Å². The molecule has 1 aliphatic carbocycles. The number of carbonyl (C=O) groups excluding carboxylic acids is 1. The Hall–Kier alpha value is -1.51. The third kappa shape index (κ3) is 5.25. The number of nitrogens with one attached hydrogen (secondary N) is 1. The lowest BCUT2D eigenvalue weighted by atomic mass is 9.94. The Morgan fingerprint density at radius 2 is 2.08 bits per heavy atom.